The van der Waals surface area contributed by atoms with Crippen molar-refractivity contribution in [1.29, 1.82) is 0 Å². The van der Waals surface area contributed by atoms with E-state index >= 15 is 0 Å². The van der Waals surface area contributed by atoms with Crippen LogP contribution in [0.15, 0.2) is 60.7 Å². The number of benzene rings is 2. The van der Waals surface area contributed by atoms with E-state index in [1.54, 1.807) is 0 Å². The summed E-state index contributed by atoms with van der Waals surface area (Å²) < 4.78 is 0. The summed E-state index contributed by atoms with van der Waals surface area (Å²) >= 11 is 12.8. The normalized spacial score (nSPS) is 13.9. The van der Waals surface area contributed by atoms with Crippen LogP contribution in [-0.4, -0.2) is 10.8 Å². The molecule has 0 aliphatic carbocycles. The monoisotopic (exact) mass is 306 g/mol. The minimum atomic E-state index is 0.0283. The molecule has 0 bridgehead atoms. The second-order valence-corrected chi connectivity index (χ2v) is 6.20. The van der Waals surface area contributed by atoms with Gasteiger partial charge >= 0.3 is 0 Å². The van der Waals surface area contributed by atoms with Gasteiger partial charge in [0.1, 0.15) is 0 Å². The van der Waals surface area contributed by atoms with Gasteiger partial charge in [0.2, 0.25) is 0 Å². The third-order valence-corrected chi connectivity index (χ3v) is 4.67. The number of halogens is 2. The summed E-state index contributed by atoms with van der Waals surface area (Å²) in [6, 6.07) is 20.9. The molecule has 0 aliphatic heterocycles. The van der Waals surface area contributed by atoms with E-state index in [0.717, 1.165) is 25.7 Å². The Morgan fingerprint density at radius 2 is 0.950 bits per heavy atom. The van der Waals surface area contributed by atoms with Gasteiger partial charge in [0, 0.05) is 0 Å². The van der Waals surface area contributed by atoms with Gasteiger partial charge in [0.05, 0.1) is 10.8 Å². The summed E-state index contributed by atoms with van der Waals surface area (Å²) in [5.74, 6) is 0. The van der Waals surface area contributed by atoms with Crippen molar-refractivity contribution in [2.24, 2.45) is 0 Å². The first-order valence-electron chi connectivity index (χ1n) is 7.11. The zero-order valence-corrected chi connectivity index (χ0v) is 13.0. The first-order valence-corrected chi connectivity index (χ1v) is 7.99. The summed E-state index contributed by atoms with van der Waals surface area (Å²) in [7, 11) is 0. The second-order valence-electron chi connectivity index (χ2n) is 5.08. The van der Waals surface area contributed by atoms with E-state index in [9.17, 15) is 0 Å². The molecule has 0 amide bonds. The number of alkyl halides is 2. The van der Waals surface area contributed by atoms with Crippen molar-refractivity contribution in [3.8, 4) is 0 Å². The maximum atomic E-state index is 6.42. The molecule has 2 atom stereocenters. The van der Waals surface area contributed by atoms with Crippen molar-refractivity contribution in [3.63, 3.8) is 0 Å². The first-order chi connectivity index (χ1) is 9.75. The van der Waals surface area contributed by atoms with Crippen molar-refractivity contribution in [1.82, 2.24) is 0 Å². The zero-order chi connectivity index (χ0) is 14.2. The molecule has 2 aromatic carbocycles. The lowest BCUT2D eigenvalue weighted by molar-refractivity contribution is 0.656. The molecule has 0 saturated carbocycles. The van der Waals surface area contributed by atoms with E-state index in [4.69, 9.17) is 23.2 Å². The Balaban J connectivity index is 1.73. The SMILES string of the molecule is ClC(CCc1ccccc1)C(Cl)CCc1ccccc1. The highest BCUT2D eigenvalue weighted by molar-refractivity contribution is 6.29. The number of aryl methyl sites for hydroxylation is 2. The third-order valence-electron chi connectivity index (χ3n) is 3.50. The van der Waals surface area contributed by atoms with Gasteiger partial charge in [-0.3, -0.25) is 0 Å². The fourth-order valence-corrected chi connectivity index (χ4v) is 2.73. The van der Waals surface area contributed by atoms with Crippen LogP contribution >= 0.6 is 23.2 Å². The molecule has 0 nitrogen and oxygen atoms in total. The summed E-state index contributed by atoms with van der Waals surface area (Å²) in [5.41, 5.74) is 2.65. The van der Waals surface area contributed by atoms with Gasteiger partial charge in [-0.25, -0.2) is 0 Å². The van der Waals surface area contributed by atoms with Crippen molar-refractivity contribution >= 4 is 23.2 Å². The van der Waals surface area contributed by atoms with Crippen LogP contribution in [0.3, 0.4) is 0 Å². The highest BCUT2D eigenvalue weighted by Crippen LogP contribution is 2.21. The van der Waals surface area contributed by atoms with Crippen LogP contribution in [0.4, 0.5) is 0 Å². The Morgan fingerprint density at radius 1 is 0.600 bits per heavy atom. The van der Waals surface area contributed by atoms with Crippen LogP contribution in [0.2, 0.25) is 0 Å². The van der Waals surface area contributed by atoms with Gasteiger partial charge in [-0.05, 0) is 36.8 Å². The van der Waals surface area contributed by atoms with Crippen LogP contribution in [0.1, 0.15) is 24.0 Å². The predicted octanol–water partition coefficient (Wildman–Crippen LogP) is 5.47. The molecule has 106 valence electrons. The highest BCUT2D eigenvalue weighted by Gasteiger charge is 2.16. The molecule has 0 heterocycles. The fraction of sp³-hybridized carbons (Fsp3) is 0.333. The molecular formula is C18H20Cl2. The lowest BCUT2D eigenvalue weighted by Crippen LogP contribution is -2.16. The Kier molecular flexibility index (Phi) is 6.42. The molecular weight excluding hydrogens is 287 g/mol. The van der Waals surface area contributed by atoms with E-state index in [0.29, 0.717) is 0 Å². The second kappa shape index (κ2) is 8.34. The summed E-state index contributed by atoms with van der Waals surface area (Å²) in [5, 5.41) is 0.0566. The predicted molar refractivity (Wildman–Crippen MR) is 88.8 cm³/mol. The van der Waals surface area contributed by atoms with Crippen molar-refractivity contribution in [2.75, 3.05) is 0 Å². The maximum Gasteiger partial charge on any atom is 0.0503 e. The van der Waals surface area contributed by atoms with Crippen molar-refractivity contribution in [2.45, 2.75) is 36.4 Å². The topological polar surface area (TPSA) is 0 Å². The molecule has 2 heteroatoms. The molecule has 0 fully saturated rings. The number of hydrogen-bond acceptors (Lipinski definition) is 0. The van der Waals surface area contributed by atoms with Crippen LogP contribution in [0.5, 0.6) is 0 Å². The average molecular weight is 307 g/mol. The summed E-state index contributed by atoms with van der Waals surface area (Å²) in [6.07, 6.45) is 3.83. The smallest absolute Gasteiger partial charge is 0.0503 e. The van der Waals surface area contributed by atoms with Gasteiger partial charge < -0.3 is 0 Å². The largest absolute Gasteiger partial charge is 0.121 e. The molecule has 0 N–H and O–H groups in total. The molecule has 2 rings (SSSR count). The Morgan fingerprint density at radius 3 is 1.30 bits per heavy atom. The van der Waals surface area contributed by atoms with Crippen LogP contribution in [0, 0.1) is 0 Å². The standard InChI is InChI=1S/C18H20Cl2/c19-17(13-11-15-7-3-1-4-8-15)18(20)14-12-16-9-5-2-6-10-16/h1-10,17-18H,11-14H2. The Hall–Kier alpha value is -0.980. The van der Waals surface area contributed by atoms with E-state index in [1.165, 1.54) is 11.1 Å². The summed E-state index contributed by atoms with van der Waals surface area (Å²) in [4.78, 5) is 0. The number of hydrogen-bond donors (Lipinski definition) is 0. The molecule has 0 aliphatic rings. The molecule has 0 saturated heterocycles. The Labute approximate surface area is 131 Å². The van der Waals surface area contributed by atoms with Gasteiger partial charge in [-0.1, -0.05) is 60.7 Å². The quantitative estimate of drug-likeness (QED) is 0.595. The highest BCUT2D eigenvalue weighted by atomic mass is 35.5. The average Bonchev–Trinajstić information content (AvgIpc) is 2.52. The molecule has 20 heavy (non-hydrogen) atoms. The molecule has 0 aromatic heterocycles. The van der Waals surface area contributed by atoms with E-state index < -0.39 is 0 Å². The van der Waals surface area contributed by atoms with Crippen LogP contribution < -0.4 is 0 Å². The zero-order valence-electron chi connectivity index (χ0n) is 11.5. The van der Waals surface area contributed by atoms with E-state index in [1.807, 2.05) is 12.1 Å². The van der Waals surface area contributed by atoms with E-state index in [2.05, 4.69) is 48.5 Å². The van der Waals surface area contributed by atoms with Crippen LogP contribution in [0.25, 0.3) is 0 Å². The van der Waals surface area contributed by atoms with E-state index in [-0.39, 0.29) is 10.8 Å². The van der Waals surface area contributed by atoms with Gasteiger partial charge in [0.25, 0.3) is 0 Å². The lowest BCUT2D eigenvalue weighted by Gasteiger charge is -2.16. The summed E-state index contributed by atoms with van der Waals surface area (Å²) in [6.45, 7) is 0. The third kappa shape index (κ3) is 5.19. The van der Waals surface area contributed by atoms with Crippen molar-refractivity contribution < 1.29 is 0 Å². The van der Waals surface area contributed by atoms with Crippen molar-refractivity contribution in [3.05, 3.63) is 71.8 Å². The van der Waals surface area contributed by atoms with Gasteiger partial charge in [-0.2, -0.15) is 0 Å². The minimum Gasteiger partial charge on any atom is -0.121 e. The first kappa shape index (κ1) is 15.4. The lowest BCUT2D eigenvalue weighted by atomic mass is 10.0. The van der Waals surface area contributed by atoms with Gasteiger partial charge in [-0.15, -0.1) is 23.2 Å². The number of rotatable bonds is 7. The molecule has 0 radical (unpaired) electrons. The Bertz CT molecular complexity index is 434. The molecule has 2 unspecified atom stereocenters. The minimum absolute atomic E-state index is 0.0283. The molecule has 2 aromatic rings. The van der Waals surface area contributed by atoms with Gasteiger partial charge in [0.15, 0.2) is 0 Å². The fourth-order valence-electron chi connectivity index (χ4n) is 2.26. The molecule has 0 spiro atoms. The van der Waals surface area contributed by atoms with Crippen LogP contribution in [-0.2, 0) is 12.8 Å². The maximum absolute atomic E-state index is 6.42.